The topological polar surface area (TPSA) is 97.5 Å². The molecule has 116 valence electrons. The summed E-state index contributed by atoms with van der Waals surface area (Å²) in [5.41, 5.74) is 6.90. The summed E-state index contributed by atoms with van der Waals surface area (Å²) in [6.45, 7) is 0. The Morgan fingerprint density at radius 3 is 2.74 bits per heavy atom. The highest BCUT2D eigenvalue weighted by Crippen LogP contribution is 2.50. The van der Waals surface area contributed by atoms with Gasteiger partial charge in [0.2, 0.25) is 0 Å². The Morgan fingerprint density at radius 1 is 1.26 bits per heavy atom. The Labute approximate surface area is 135 Å². The lowest BCUT2D eigenvalue weighted by Gasteiger charge is -2.32. The average molecular weight is 327 g/mol. The van der Waals surface area contributed by atoms with E-state index < -0.39 is 11.4 Å². The van der Waals surface area contributed by atoms with E-state index >= 15 is 0 Å². The van der Waals surface area contributed by atoms with E-state index in [1.54, 1.807) is 12.1 Å². The molecule has 1 atom stereocenters. The number of carbonyl (C=O) groups excluding carboxylic acids is 2. The summed E-state index contributed by atoms with van der Waals surface area (Å²) < 4.78 is 0. The molecule has 1 unspecified atom stereocenters. The standard InChI is InChI=1S/C17H13NO4S/c18-15-12(16(21)22)9-5-6-17(14(20)13(9)23-15)7-11(19)8-3-1-2-4-10(8)17/h1-4H,5-7,18H2,(H,21,22). The first-order valence-electron chi connectivity index (χ1n) is 7.27. The second-order valence-electron chi connectivity index (χ2n) is 6.01. The van der Waals surface area contributed by atoms with Gasteiger partial charge in [0.25, 0.3) is 0 Å². The van der Waals surface area contributed by atoms with E-state index in [9.17, 15) is 19.5 Å². The first-order chi connectivity index (χ1) is 11.0. The van der Waals surface area contributed by atoms with Crippen molar-refractivity contribution in [1.82, 2.24) is 0 Å². The Morgan fingerprint density at radius 2 is 2.00 bits per heavy atom. The number of carboxylic acid groups (broad SMARTS) is 1. The van der Waals surface area contributed by atoms with Crippen molar-refractivity contribution in [3.63, 3.8) is 0 Å². The summed E-state index contributed by atoms with van der Waals surface area (Å²) in [6.07, 6.45) is 1.04. The third-order valence-corrected chi connectivity index (χ3v) is 5.96. The number of anilines is 1. The van der Waals surface area contributed by atoms with Crippen molar-refractivity contribution >= 4 is 33.9 Å². The number of nitrogen functional groups attached to an aromatic ring is 1. The lowest BCUT2D eigenvalue weighted by atomic mass is 9.69. The van der Waals surface area contributed by atoms with Crippen molar-refractivity contribution in [2.45, 2.75) is 24.7 Å². The van der Waals surface area contributed by atoms with Crippen LogP contribution in [-0.4, -0.2) is 22.6 Å². The maximum Gasteiger partial charge on any atom is 0.338 e. The number of hydrogen-bond donors (Lipinski definition) is 2. The van der Waals surface area contributed by atoms with E-state index in [1.165, 1.54) is 0 Å². The molecule has 2 aromatic rings. The average Bonchev–Trinajstić information content (AvgIpc) is 3.00. The lowest BCUT2D eigenvalue weighted by Crippen LogP contribution is -2.38. The van der Waals surface area contributed by atoms with Crippen molar-refractivity contribution in [1.29, 1.82) is 0 Å². The molecule has 6 heteroatoms. The van der Waals surface area contributed by atoms with Gasteiger partial charge in [-0.25, -0.2) is 4.79 Å². The van der Waals surface area contributed by atoms with Crippen LogP contribution in [0.15, 0.2) is 24.3 Å². The number of aromatic carboxylic acids is 1. The monoisotopic (exact) mass is 327 g/mol. The number of carbonyl (C=O) groups is 3. The van der Waals surface area contributed by atoms with Gasteiger partial charge in [-0.1, -0.05) is 24.3 Å². The van der Waals surface area contributed by atoms with Crippen molar-refractivity contribution < 1.29 is 19.5 Å². The normalized spacial score (nSPS) is 22.3. The molecule has 0 amide bonds. The summed E-state index contributed by atoms with van der Waals surface area (Å²) in [6, 6.07) is 7.20. The van der Waals surface area contributed by atoms with Gasteiger partial charge in [0.1, 0.15) is 5.00 Å². The molecule has 1 aromatic heterocycles. The third kappa shape index (κ3) is 1.69. The predicted octanol–water partition coefficient (Wildman–Crippen LogP) is 2.68. The zero-order valence-corrected chi connectivity index (χ0v) is 12.9. The van der Waals surface area contributed by atoms with Crippen LogP contribution in [-0.2, 0) is 11.8 Å². The highest BCUT2D eigenvalue weighted by atomic mass is 32.1. The Hall–Kier alpha value is -2.47. The lowest BCUT2D eigenvalue weighted by molar-refractivity contribution is 0.0696. The molecule has 2 aliphatic rings. The number of rotatable bonds is 1. The van der Waals surface area contributed by atoms with Crippen LogP contribution in [0.2, 0.25) is 0 Å². The van der Waals surface area contributed by atoms with Gasteiger partial charge in [0, 0.05) is 12.0 Å². The highest BCUT2D eigenvalue weighted by molar-refractivity contribution is 7.18. The summed E-state index contributed by atoms with van der Waals surface area (Å²) in [5.74, 6) is -1.30. The molecular formula is C17H13NO4S. The SMILES string of the molecule is Nc1sc2c(c1C(=O)O)CCC1(CC(=O)c3ccccc31)C2=O. The third-order valence-electron chi connectivity index (χ3n) is 4.90. The second-order valence-corrected chi connectivity index (χ2v) is 7.06. The quantitative estimate of drug-likeness (QED) is 0.839. The molecule has 4 rings (SSSR count). The minimum absolute atomic E-state index is 0.0274. The molecule has 0 aliphatic heterocycles. The van der Waals surface area contributed by atoms with Crippen LogP contribution in [0, 0.1) is 0 Å². The van der Waals surface area contributed by atoms with Crippen LogP contribution in [0.4, 0.5) is 5.00 Å². The van der Waals surface area contributed by atoms with Gasteiger partial charge in [-0.05, 0) is 24.0 Å². The number of Topliss-reactive ketones (excluding diaryl/α,β-unsaturated/α-hetero) is 2. The number of thiophene rings is 1. The van der Waals surface area contributed by atoms with Crippen LogP contribution in [0.3, 0.4) is 0 Å². The molecule has 23 heavy (non-hydrogen) atoms. The number of fused-ring (bicyclic) bond motifs is 3. The van der Waals surface area contributed by atoms with E-state index in [0.717, 1.165) is 16.9 Å². The van der Waals surface area contributed by atoms with Crippen molar-refractivity contribution in [3.8, 4) is 0 Å². The molecule has 3 N–H and O–H groups in total. The largest absolute Gasteiger partial charge is 0.478 e. The van der Waals surface area contributed by atoms with Gasteiger partial charge >= 0.3 is 5.97 Å². The van der Waals surface area contributed by atoms with Gasteiger partial charge in [-0.15, -0.1) is 11.3 Å². The molecular weight excluding hydrogens is 314 g/mol. The van der Waals surface area contributed by atoms with Crippen molar-refractivity contribution in [2.75, 3.05) is 5.73 Å². The molecule has 1 heterocycles. The maximum atomic E-state index is 13.1. The van der Waals surface area contributed by atoms with Gasteiger partial charge in [-0.3, -0.25) is 9.59 Å². The Balaban J connectivity index is 1.91. The summed E-state index contributed by atoms with van der Waals surface area (Å²) in [4.78, 5) is 37.2. The fraction of sp³-hybridized carbons (Fsp3) is 0.235. The van der Waals surface area contributed by atoms with Gasteiger partial charge < -0.3 is 10.8 Å². The van der Waals surface area contributed by atoms with Gasteiger partial charge in [0.15, 0.2) is 11.6 Å². The minimum Gasteiger partial charge on any atom is -0.478 e. The predicted molar refractivity (Wildman–Crippen MR) is 85.4 cm³/mol. The van der Waals surface area contributed by atoms with Crippen molar-refractivity contribution in [2.24, 2.45) is 0 Å². The molecule has 0 saturated carbocycles. The molecule has 0 radical (unpaired) electrons. The fourth-order valence-corrected chi connectivity index (χ4v) is 4.99. The molecule has 1 spiro atoms. The second kappa shape index (κ2) is 4.52. The summed E-state index contributed by atoms with van der Waals surface area (Å²) in [5, 5.41) is 9.47. The van der Waals surface area contributed by atoms with E-state index in [0.29, 0.717) is 28.8 Å². The number of ketones is 2. The maximum absolute atomic E-state index is 13.1. The van der Waals surface area contributed by atoms with Crippen LogP contribution in [0.5, 0.6) is 0 Å². The van der Waals surface area contributed by atoms with Crippen LogP contribution < -0.4 is 5.73 Å². The van der Waals surface area contributed by atoms with Gasteiger partial charge in [0.05, 0.1) is 15.9 Å². The molecule has 0 bridgehead atoms. The van der Waals surface area contributed by atoms with E-state index in [-0.39, 0.29) is 28.6 Å². The number of nitrogens with two attached hydrogens (primary N) is 1. The highest BCUT2D eigenvalue weighted by Gasteiger charge is 2.52. The molecule has 2 aliphatic carbocycles. The molecule has 0 saturated heterocycles. The molecule has 1 aromatic carbocycles. The van der Waals surface area contributed by atoms with E-state index in [2.05, 4.69) is 0 Å². The van der Waals surface area contributed by atoms with Crippen LogP contribution in [0.1, 0.15) is 54.4 Å². The van der Waals surface area contributed by atoms with Crippen LogP contribution in [0.25, 0.3) is 0 Å². The van der Waals surface area contributed by atoms with Crippen LogP contribution >= 0.6 is 11.3 Å². The number of hydrogen-bond acceptors (Lipinski definition) is 5. The Kier molecular flexibility index (Phi) is 2.78. The Bertz CT molecular complexity index is 898. The molecule has 0 fully saturated rings. The zero-order chi connectivity index (χ0) is 16.4. The minimum atomic E-state index is -1.10. The van der Waals surface area contributed by atoms with Gasteiger partial charge in [-0.2, -0.15) is 0 Å². The first-order valence-corrected chi connectivity index (χ1v) is 8.09. The molecule has 5 nitrogen and oxygen atoms in total. The summed E-state index contributed by atoms with van der Waals surface area (Å²) in [7, 11) is 0. The van der Waals surface area contributed by atoms with E-state index in [4.69, 9.17) is 5.73 Å². The number of carboxylic acids is 1. The number of benzene rings is 1. The van der Waals surface area contributed by atoms with Crippen molar-refractivity contribution in [3.05, 3.63) is 51.4 Å². The zero-order valence-electron chi connectivity index (χ0n) is 12.1. The fourth-order valence-electron chi connectivity index (χ4n) is 3.84. The smallest absolute Gasteiger partial charge is 0.338 e. The first kappa shape index (κ1) is 14.1. The summed E-state index contributed by atoms with van der Waals surface area (Å²) >= 11 is 1.03. The van der Waals surface area contributed by atoms with E-state index in [1.807, 2.05) is 12.1 Å².